The van der Waals surface area contributed by atoms with E-state index in [2.05, 4.69) is 36.3 Å². The molecular formula is C36H67N3O4. The van der Waals surface area contributed by atoms with Gasteiger partial charge in [-0.25, -0.2) is 0 Å². The predicted molar refractivity (Wildman–Crippen MR) is 184 cm³/mol. The smallest absolute Gasteiger partial charge is 0.306 e. The highest BCUT2D eigenvalue weighted by molar-refractivity contribution is 5.73. The first kappa shape index (κ1) is 39.1. The molecule has 0 aromatic heterocycles. The van der Waals surface area contributed by atoms with Crippen LogP contribution in [0.3, 0.4) is 0 Å². The molecule has 0 aliphatic carbocycles. The quantitative estimate of drug-likeness (QED) is 0.0498. The van der Waals surface area contributed by atoms with Crippen LogP contribution in [0.25, 0.3) is 0 Å². The van der Waals surface area contributed by atoms with E-state index in [0.29, 0.717) is 30.9 Å². The first-order chi connectivity index (χ1) is 21.0. The van der Waals surface area contributed by atoms with E-state index >= 15 is 0 Å². The van der Waals surface area contributed by atoms with Crippen molar-refractivity contribution in [2.45, 2.75) is 169 Å². The van der Waals surface area contributed by atoms with Gasteiger partial charge in [0, 0.05) is 19.5 Å². The van der Waals surface area contributed by atoms with Gasteiger partial charge in [0.05, 0.1) is 0 Å². The minimum atomic E-state index is -0.393. The molecule has 0 saturated heterocycles. The third-order valence-electron chi connectivity index (χ3n) is 8.39. The van der Waals surface area contributed by atoms with Crippen LogP contribution < -0.4 is 21.5 Å². The Bertz CT molecular complexity index is 880. The second kappa shape index (κ2) is 26.5. The van der Waals surface area contributed by atoms with E-state index in [1.807, 2.05) is 6.92 Å². The minimum Gasteiger partial charge on any atom is -0.462 e. The van der Waals surface area contributed by atoms with E-state index in [4.69, 9.17) is 4.74 Å². The van der Waals surface area contributed by atoms with Crippen molar-refractivity contribution in [3.8, 4) is 0 Å². The monoisotopic (exact) mass is 606 g/mol. The molecule has 0 fully saturated rings. The maximum Gasteiger partial charge on any atom is 0.306 e. The maximum absolute atomic E-state index is 12.4. The number of carbonyl (C=O) groups excluding carboxylic acids is 1. The molecule has 1 unspecified atom stereocenters. The molecule has 43 heavy (non-hydrogen) atoms. The lowest BCUT2D eigenvalue weighted by atomic mass is 10.1. The van der Waals surface area contributed by atoms with Gasteiger partial charge in [0.25, 0.3) is 10.9 Å². The molecule has 7 nitrogen and oxygen atoms in total. The molecule has 0 spiro atoms. The summed E-state index contributed by atoms with van der Waals surface area (Å²) in [6.07, 6.45) is 23.8. The number of ether oxygens (including phenoxy) is 1. The number of hydrogen-bond acceptors (Lipinski definition) is 7. The summed E-state index contributed by atoms with van der Waals surface area (Å²) in [5.74, 6) is -0.00958. The second-order valence-corrected chi connectivity index (χ2v) is 12.5. The van der Waals surface area contributed by atoms with Crippen LogP contribution in [-0.4, -0.2) is 49.7 Å². The van der Waals surface area contributed by atoms with E-state index in [-0.39, 0.29) is 17.5 Å². The lowest BCUT2D eigenvalue weighted by Crippen LogP contribution is -2.38. The topological polar surface area (TPSA) is 87.7 Å². The van der Waals surface area contributed by atoms with E-state index in [1.54, 1.807) is 0 Å². The summed E-state index contributed by atoms with van der Waals surface area (Å²) in [5, 5.41) is 6.31. The Hall–Kier alpha value is -1.89. The van der Waals surface area contributed by atoms with E-state index in [1.165, 1.54) is 70.6 Å². The Morgan fingerprint density at radius 1 is 0.581 bits per heavy atom. The molecule has 0 radical (unpaired) electrons. The molecule has 7 heteroatoms. The van der Waals surface area contributed by atoms with Gasteiger partial charge in [-0.05, 0) is 71.0 Å². The van der Waals surface area contributed by atoms with E-state index in [0.717, 1.165) is 77.4 Å². The number of rotatable bonds is 31. The number of carbonyl (C=O) groups is 1. The Kier molecular flexibility index (Phi) is 24.1. The van der Waals surface area contributed by atoms with Gasteiger partial charge in [-0.15, -0.1) is 0 Å². The largest absolute Gasteiger partial charge is 0.462 e. The zero-order valence-electron chi connectivity index (χ0n) is 28.5. The van der Waals surface area contributed by atoms with Crippen molar-refractivity contribution in [1.29, 1.82) is 0 Å². The molecule has 0 heterocycles. The molecule has 2 N–H and O–H groups in total. The van der Waals surface area contributed by atoms with Gasteiger partial charge < -0.3 is 20.3 Å². The fourth-order valence-corrected chi connectivity index (χ4v) is 5.71. The summed E-state index contributed by atoms with van der Waals surface area (Å²) >= 11 is 0. The van der Waals surface area contributed by atoms with Gasteiger partial charge in [0.2, 0.25) is 0 Å². The van der Waals surface area contributed by atoms with Crippen LogP contribution in [0, 0.1) is 0 Å². The summed E-state index contributed by atoms with van der Waals surface area (Å²) in [4.78, 5) is 38.8. The van der Waals surface area contributed by atoms with Crippen molar-refractivity contribution in [3.63, 3.8) is 0 Å². The lowest BCUT2D eigenvalue weighted by Gasteiger charge is -2.23. The van der Waals surface area contributed by atoms with Crippen molar-refractivity contribution < 1.29 is 9.53 Å². The Morgan fingerprint density at radius 2 is 1.09 bits per heavy atom. The summed E-state index contributed by atoms with van der Waals surface area (Å²) in [5.41, 5.74) is 0.153. The molecule has 250 valence electrons. The Morgan fingerprint density at radius 3 is 1.67 bits per heavy atom. The first-order valence-electron chi connectivity index (χ1n) is 18.2. The van der Waals surface area contributed by atoms with Crippen molar-refractivity contribution in [2.24, 2.45) is 0 Å². The number of nitrogens with zero attached hydrogens (tertiary/aromatic N) is 1. The number of unbranched alkanes of at least 4 members (excludes halogenated alkanes) is 12. The number of anilines is 2. The molecule has 0 aliphatic rings. The molecule has 1 rings (SSSR count). The van der Waals surface area contributed by atoms with Gasteiger partial charge in [-0.1, -0.05) is 105 Å². The van der Waals surface area contributed by atoms with Crippen LogP contribution in [0.1, 0.15) is 163 Å². The van der Waals surface area contributed by atoms with Crippen LogP contribution in [-0.2, 0) is 9.53 Å². The fraction of sp³-hybridized carbons (Fsp3) is 0.861. The van der Waals surface area contributed by atoms with Crippen LogP contribution in [0.5, 0.6) is 0 Å². The van der Waals surface area contributed by atoms with E-state index in [9.17, 15) is 14.4 Å². The summed E-state index contributed by atoms with van der Waals surface area (Å²) < 4.78 is 5.81. The van der Waals surface area contributed by atoms with Gasteiger partial charge in [0.15, 0.2) is 0 Å². The average molecular weight is 606 g/mol. The van der Waals surface area contributed by atoms with Crippen LogP contribution in [0.2, 0.25) is 0 Å². The Labute approximate surface area is 264 Å². The summed E-state index contributed by atoms with van der Waals surface area (Å²) in [7, 11) is 0. The zero-order chi connectivity index (χ0) is 31.5. The predicted octanol–water partition coefficient (Wildman–Crippen LogP) is 8.59. The molecule has 0 aliphatic heterocycles. The van der Waals surface area contributed by atoms with Crippen LogP contribution >= 0.6 is 0 Å². The van der Waals surface area contributed by atoms with Gasteiger partial charge in [-0.2, -0.15) is 0 Å². The lowest BCUT2D eigenvalue weighted by molar-refractivity contribution is -0.150. The molecule has 1 aromatic rings. The van der Waals surface area contributed by atoms with E-state index < -0.39 is 5.43 Å². The van der Waals surface area contributed by atoms with Crippen LogP contribution in [0.4, 0.5) is 11.4 Å². The molecular weight excluding hydrogens is 538 g/mol. The highest BCUT2D eigenvalue weighted by atomic mass is 16.5. The van der Waals surface area contributed by atoms with Gasteiger partial charge in [-0.3, -0.25) is 14.4 Å². The van der Waals surface area contributed by atoms with Crippen molar-refractivity contribution >= 4 is 17.3 Å². The fourth-order valence-electron chi connectivity index (χ4n) is 5.71. The number of nitrogens with one attached hydrogen (secondary N) is 2. The van der Waals surface area contributed by atoms with Crippen molar-refractivity contribution in [2.75, 3.05) is 43.4 Å². The third kappa shape index (κ3) is 18.5. The average Bonchev–Trinajstić information content (AvgIpc) is 3.00. The summed E-state index contributed by atoms with van der Waals surface area (Å²) in [6.45, 7) is 13.3. The standard InChI is InChI=1S/C36H67N3O4/c1-5-9-11-13-16-20-28-39(30-22-27-38-34-33(37-26-8-4)35(41)36(34)42)29-21-17-14-15-19-25-32(40)43-31(23-7-3)24-18-12-10-6-2/h31,37-38H,5-30H2,1-4H3. The molecule has 1 aromatic carbocycles. The number of hydrogen-bond donors (Lipinski definition) is 2. The van der Waals surface area contributed by atoms with Crippen LogP contribution in [0.15, 0.2) is 9.59 Å². The molecule has 0 bridgehead atoms. The Balaban J connectivity index is 2.32. The minimum absolute atomic E-state index is 0.00958. The maximum atomic E-state index is 12.4. The molecule has 0 amide bonds. The molecule has 0 saturated carbocycles. The second-order valence-electron chi connectivity index (χ2n) is 12.5. The van der Waals surface area contributed by atoms with Gasteiger partial charge >= 0.3 is 5.97 Å². The summed E-state index contributed by atoms with van der Waals surface area (Å²) in [6, 6.07) is 0. The SMILES string of the molecule is CCCCCCCCN(CCCCCCCC(=O)OC(CCC)CCCCCC)CCCNc1c(NCCC)c(=O)c1=O. The normalized spacial score (nSPS) is 12.2. The highest BCUT2D eigenvalue weighted by Crippen LogP contribution is 2.16. The zero-order valence-corrected chi connectivity index (χ0v) is 28.5. The third-order valence-corrected chi connectivity index (χ3v) is 8.39. The van der Waals surface area contributed by atoms with Crippen molar-refractivity contribution in [1.82, 2.24) is 4.90 Å². The van der Waals surface area contributed by atoms with Gasteiger partial charge in [0.1, 0.15) is 17.5 Å². The first-order valence-corrected chi connectivity index (χ1v) is 18.2. The van der Waals surface area contributed by atoms with Crippen molar-refractivity contribution in [3.05, 3.63) is 20.4 Å². The molecule has 1 atom stereocenters. The number of esters is 1. The highest BCUT2D eigenvalue weighted by Gasteiger charge is 2.20.